The molecule has 0 spiro atoms. The maximum atomic E-state index is 10.4. The van der Waals surface area contributed by atoms with Crippen LogP contribution < -0.4 is 0 Å². The molecule has 1 aromatic carbocycles. The van der Waals surface area contributed by atoms with Crippen LogP contribution in [0.2, 0.25) is 0 Å². The minimum absolute atomic E-state index is 0.0889. The van der Waals surface area contributed by atoms with Crippen LogP contribution in [0.4, 0.5) is 0 Å². The number of phenols is 1. The van der Waals surface area contributed by atoms with Crippen molar-refractivity contribution in [2.24, 2.45) is 16.7 Å². The molecule has 3 aliphatic rings. The van der Waals surface area contributed by atoms with Gasteiger partial charge in [-0.05, 0) is 84.5 Å². The molecule has 2 heteroatoms. The molecule has 0 heterocycles. The smallest absolute Gasteiger partial charge is 0.115 e. The molecule has 2 saturated carbocycles. The molecule has 0 aliphatic heterocycles. The lowest BCUT2D eigenvalue weighted by molar-refractivity contribution is -0.0733. The van der Waals surface area contributed by atoms with Gasteiger partial charge in [0.25, 0.3) is 0 Å². The summed E-state index contributed by atoms with van der Waals surface area (Å²) in [6.45, 7) is 4.91. The number of hydrogen-bond donors (Lipinski definition) is 2. The maximum Gasteiger partial charge on any atom is 0.115 e. The zero-order chi connectivity index (χ0) is 14.8. The van der Waals surface area contributed by atoms with E-state index < -0.39 is 0 Å². The number of phenolic OH excluding ortho intramolecular Hbond substituents is 1. The highest BCUT2D eigenvalue weighted by Crippen LogP contribution is 2.68. The van der Waals surface area contributed by atoms with Crippen molar-refractivity contribution in [2.75, 3.05) is 0 Å². The molecule has 1 unspecified atom stereocenters. The van der Waals surface area contributed by atoms with Crippen molar-refractivity contribution in [3.8, 4) is 5.75 Å². The predicted octanol–water partition coefficient (Wildman–Crippen LogP) is 4.00. The van der Waals surface area contributed by atoms with Crippen molar-refractivity contribution in [1.82, 2.24) is 0 Å². The first-order valence-electron chi connectivity index (χ1n) is 8.45. The third-order valence-corrected chi connectivity index (χ3v) is 7.50. The van der Waals surface area contributed by atoms with Gasteiger partial charge in [0, 0.05) is 0 Å². The molecular weight excluding hydrogens is 260 g/mol. The molecule has 5 atom stereocenters. The molecule has 0 saturated heterocycles. The number of benzene rings is 1. The van der Waals surface area contributed by atoms with Gasteiger partial charge in [-0.25, -0.2) is 0 Å². The highest BCUT2D eigenvalue weighted by atomic mass is 16.3. The second-order valence-corrected chi connectivity index (χ2v) is 8.06. The number of aromatic hydroxyl groups is 1. The van der Waals surface area contributed by atoms with E-state index >= 15 is 0 Å². The first-order valence-corrected chi connectivity index (χ1v) is 8.45. The Morgan fingerprint density at radius 3 is 2.67 bits per heavy atom. The SMILES string of the molecule is C[C@]12CCc3cc(O)ccc3C1CC[C@@H]1[C@@H](O)CC[C@@]12C. The minimum atomic E-state index is -0.0889. The first-order chi connectivity index (χ1) is 9.96. The Bertz CT molecular complexity index is 581. The lowest BCUT2D eigenvalue weighted by Gasteiger charge is -2.59. The van der Waals surface area contributed by atoms with Gasteiger partial charge in [0.15, 0.2) is 0 Å². The molecule has 3 aliphatic carbocycles. The van der Waals surface area contributed by atoms with Crippen molar-refractivity contribution >= 4 is 0 Å². The summed E-state index contributed by atoms with van der Waals surface area (Å²) >= 11 is 0. The fraction of sp³-hybridized carbons (Fsp3) is 0.684. The van der Waals surface area contributed by atoms with E-state index in [4.69, 9.17) is 0 Å². The molecule has 2 N–H and O–H groups in total. The highest BCUT2D eigenvalue weighted by molar-refractivity contribution is 5.41. The number of aryl methyl sites for hydroxylation is 1. The average Bonchev–Trinajstić information content (AvgIpc) is 2.76. The molecular formula is C19H26O2. The summed E-state index contributed by atoms with van der Waals surface area (Å²) in [5.74, 6) is 1.47. The third kappa shape index (κ3) is 1.63. The van der Waals surface area contributed by atoms with Gasteiger partial charge in [-0.2, -0.15) is 0 Å². The van der Waals surface area contributed by atoms with Crippen LogP contribution in [0.3, 0.4) is 0 Å². The van der Waals surface area contributed by atoms with Gasteiger partial charge in [0.2, 0.25) is 0 Å². The molecule has 0 aromatic heterocycles. The quantitative estimate of drug-likeness (QED) is 0.757. The Labute approximate surface area is 127 Å². The lowest BCUT2D eigenvalue weighted by atomic mass is 9.45. The average molecular weight is 286 g/mol. The van der Waals surface area contributed by atoms with Crippen molar-refractivity contribution in [1.29, 1.82) is 0 Å². The molecule has 1 aromatic rings. The van der Waals surface area contributed by atoms with E-state index in [9.17, 15) is 10.2 Å². The molecule has 2 nitrogen and oxygen atoms in total. The summed E-state index contributed by atoms with van der Waals surface area (Å²) in [6.07, 6.45) is 6.65. The topological polar surface area (TPSA) is 40.5 Å². The second kappa shape index (κ2) is 4.25. The Balaban J connectivity index is 1.81. The maximum absolute atomic E-state index is 10.4. The molecule has 4 rings (SSSR count). The number of aliphatic hydroxyl groups excluding tert-OH is 1. The van der Waals surface area contributed by atoms with Crippen LogP contribution in [0.1, 0.15) is 63.0 Å². The summed E-state index contributed by atoms with van der Waals surface area (Å²) in [5, 5.41) is 20.1. The van der Waals surface area contributed by atoms with Crippen LogP contribution in [0.15, 0.2) is 18.2 Å². The zero-order valence-corrected chi connectivity index (χ0v) is 13.1. The molecule has 0 bridgehead atoms. The van der Waals surface area contributed by atoms with Crippen LogP contribution in [-0.4, -0.2) is 16.3 Å². The monoisotopic (exact) mass is 286 g/mol. The van der Waals surface area contributed by atoms with Gasteiger partial charge in [-0.1, -0.05) is 19.9 Å². The number of hydrogen-bond acceptors (Lipinski definition) is 2. The van der Waals surface area contributed by atoms with E-state index in [0.29, 0.717) is 17.6 Å². The summed E-state index contributed by atoms with van der Waals surface area (Å²) in [6, 6.07) is 5.97. The van der Waals surface area contributed by atoms with E-state index in [1.54, 1.807) is 0 Å². The number of rotatable bonds is 0. The Hall–Kier alpha value is -1.02. The van der Waals surface area contributed by atoms with Gasteiger partial charge in [0.05, 0.1) is 6.10 Å². The van der Waals surface area contributed by atoms with Gasteiger partial charge in [-0.15, -0.1) is 0 Å². The summed E-state index contributed by atoms with van der Waals surface area (Å²) < 4.78 is 0. The van der Waals surface area contributed by atoms with E-state index in [0.717, 1.165) is 19.3 Å². The van der Waals surface area contributed by atoms with Gasteiger partial charge < -0.3 is 10.2 Å². The summed E-state index contributed by atoms with van der Waals surface area (Å²) in [4.78, 5) is 0. The third-order valence-electron chi connectivity index (χ3n) is 7.50. The zero-order valence-electron chi connectivity index (χ0n) is 13.1. The molecule has 0 radical (unpaired) electrons. The largest absolute Gasteiger partial charge is 0.508 e. The first kappa shape index (κ1) is 13.6. The van der Waals surface area contributed by atoms with E-state index in [1.165, 1.54) is 30.4 Å². The Morgan fingerprint density at radius 1 is 1.05 bits per heavy atom. The Morgan fingerprint density at radius 2 is 1.86 bits per heavy atom. The standard InChI is InChI=1S/C19H26O2/c1-18-9-7-12-11-13(20)3-4-14(12)15(18)5-6-16-17(21)8-10-19(16,18)2/h3-4,11,15-17,20-21H,5-10H2,1-2H3/t15?,16-,17+,18+,19+/m1/s1. The van der Waals surface area contributed by atoms with Crippen molar-refractivity contribution in [2.45, 2.75) is 64.4 Å². The Kier molecular flexibility index (Phi) is 2.76. The van der Waals surface area contributed by atoms with Crippen LogP contribution in [0, 0.1) is 16.7 Å². The van der Waals surface area contributed by atoms with Gasteiger partial charge in [0.1, 0.15) is 5.75 Å². The second-order valence-electron chi connectivity index (χ2n) is 8.06. The van der Waals surface area contributed by atoms with Crippen LogP contribution >= 0.6 is 0 Å². The fourth-order valence-corrected chi connectivity index (χ4v) is 6.04. The van der Waals surface area contributed by atoms with Gasteiger partial charge in [-0.3, -0.25) is 0 Å². The normalized spacial score (nSPS) is 44.8. The highest BCUT2D eigenvalue weighted by Gasteiger charge is 2.61. The number of fused-ring (bicyclic) bond motifs is 5. The molecule has 0 amide bonds. The molecule has 2 fully saturated rings. The van der Waals surface area contributed by atoms with E-state index in [-0.39, 0.29) is 16.9 Å². The number of aliphatic hydroxyl groups is 1. The summed E-state index contributed by atoms with van der Waals surface area (Å²) in [5.41, 5.74) is 3.36. The molecule has 114 valence electrons. The summed E-state index contributed by atoms with van der Waals surface area (Å²) in [7, 11) is 0. The predicted molar refractivity (Wildman–Crippen MR) is 83.3 cm³/mol. The van der Waals surface area contributed by atoms with Gasteiger partial charge >= 0.3 is 0 Å². The van der Waals surface area contributed by atoms with Crippen molar-refractivity contribution in [3.05, 3.63) is 29.3 Å². The lowest BCUT2D eigenvalue weighted by Crippen LogP contribution is -2.51. The fourth-order valence-electron chi connectivity index (χ4n) is 6.04. The van der Waals surface area contributed by atoms with Crippen LogP contribution in [0.5, 0.6) is 5.75 Å². The van der Waals surface area contributed by atoms with Crippen molar-refractivity contribution < 1.29 is 10.2 Å². The van der Waals surface area contributed by atoms with Crippen LogP contribution in [0.25, 0.3) is 0 Å². The minimum Gasteiger partial charge on any atom is -0.508 e. The van der Waals surface area contributed by atoms with Crippen molar-refractivity contribution in [3.63, 3.8) is 0 Å². The molecule has 21 heavy (non-hydrogen) atoms. The van der Waals surface area contributed by atoms with Crippen LogP contribution in [-0.2, 0) is 6.42 Å². The van der Waals surface area contributed by atoms with E-state index in [1.807, 2.05) is 12.1 Å². The van der Waals surface area contributed by atoms with E-state index in [2.05, 4.69) is 19.9 Å².